The van der Waals surface area contributed by atoms with Crippen LogP contribution in [-0.4, -0.2) is 10.9 Å². The van der Waals surface area contributed by atoms with Gasteiger partial charge in [-0.15, -0.1) is 0 Å². The van der Waals surface area contributed by atoms with Crippen molar-refractivity contribution >= 4 is 45.1 Å². The van der Waals surface area contributed by atoms with Crippen molar-refractivity contribution in [2.24, 2.45) is 0 Å². The van der Waals surface area contributed by atoms with E-state index in [1.807, 2.05) is 67.6 Å². The molecule has 25 heavy (non-hydrogen) atoms. The molecular formula is C20H17BrN2OS. The number of carbonyl (C=O) groups is 1. The van der Waals surface area contributed by atoms with Crippen LogP contribution in [0, 0.1) is 0 Å². The van der Waals surface area contributed by atoms with Crippen molar-refractivity contribution in [2.75, 3.05) is 0 Å². The van der Waals surface area contributed by atoms with Gasteiger partial charge in [0.1, 0.15) is 0 Å². The second-order valence-corrected chi connectivity index (χ2v) is 7.05. The van der Waals surface area contributed by atoms with E-state index >= 15 is 0 Å². The molecular weight excluding hydrogens is 396 g/mol. The Kier molecular flexibility index (Phi) is 5.46. The van der Waals surface area contributed by atoms with Gasteiger partial charge in [-0.2, -0.15) is 0 Å². The Balaban J connectivity index is 1.91. The molecule has 1 heterocycles. The first-order chi connectivity index (χ1) is 12.0. The van der Waals surface area contributed by atoms with Crippen LogP contribution >= 0.6 is 28.1 Å². The highest BCUT2D eigenvalue weighted by molar-refractivity contribution is 9.10. The van der Waals surface area contributed by atoms with E-state index in [9.17, 15) is 4.79 Å². The summed E-state index contributed by atoms with van der Waals surface area (Å²) in [7, 11) is 0. The zero-order chi connectivity index (χ0) is 17.8. The quantitative estimate of drug-likeness (QED) is 0.571. The molecule has 3 nitrogen and oxygen atoms in total. The first-order valence-corrected chi connectivity index (χ1v) is 9.06. The highest BCUT2D eigenvalue weighted by Crippen LogP contribution is 2.27. The molecule has 1 aliphatic heterocycles. The third-order valence-electron chi connectivity index (χ3n) is 3.96. The summed E-state index contributed by atoms with van der Waals surface area (Å²) in [6, 6.07) is 17.4. The first-order valence-electron chi connectivity index (χ1n) is 7.86. The fourth-order valence-electron chi connectivity index (χ4n) is 2.75. The lowest BCUT2D eigenvalue weighted by atomic mass is 9.92. The molecule has 0 saturated heterocycles. The van der Waals surface area contributed by atoms with Gasteiger partial charge in [-0.25, -0.2) is 0 Å². The summed E-state index contributed by atoms with van der Waals surface area (Å²) < 4.78 is 1.01. The molecule has 0 aromatic heterocycles. The predicted octanol–water partition coefficient (Wildman–Crippen LogP) is 4.52. The minimum absolute atomic E-state index is 0.0447. The van der Waals surface area contributed by atoms with Gasteiger partial charge in [0.15, 0.2) is 10.9 Å². The van der Waals surface area contributed by atoms with Crippen molar-refractivity contribution in [1.82, 2.24) is 10.6 Å². The number of carbonyl (C=O) groups excluding carboxylic acids is 1. The van der Waals surface area contributed by atoms with Gasteiger partial charge >= 0.3 is 0 Å². The monoisotopic (exact) mass is 412 g/mol. The molecule has 0 aliphatic carbocycles. The van der Waals surface area contributed by atoms with E-state index in [0.29, 0.717) is 10.7 Å². The average Bonchev–Trinajstić information content (AvgIpc) is 2.61. The molecule has 0 radical (unpaired) electrons. The number of benzene rings is 2. The second-order valence-electron chi connectivity index (χ2n) is 5.73. The molecule has 1 aliphatic rings. The van der Waals surface area contributed by atoms with Gasteiger partial charge in [-0.1, -0.05) is 64.5 Å². The van der Waals surface area contributed by atoms with Crippen molar-refractivity contribution < 1.29 is 4.79 Å². The molecule has 0 spiro atoms. The van der Waals surface area contributed by atoms with Crippen LogP contribution in [-0.2, 0) is 4.79 Å². The smallest absolute Gasteiger partial charge is 0.186 e. The maximum absolute atomic E-state index is 12.9. The maximum atomic E-state index is 12.9. The van der Waals surface area contributed by atoms with Gasteiger partial charge in [0.25, 0.3) is 0 Å². The highest BCUT2D eigenvalue weighted by atomic mass is 79.9. The molecule has 1 unspecified atom stereocenters. The topological polar surface area (TPSA) is 41.1 Å². The Labute approximate surface area is 161 Å². The number of hydrogen-bond acceptors (Lipinski definition) is 2. The molecule has 3 rings (SSSR count). The molecule has 0 saturated carbocycles. The van der Waals surface area contributed by atoms with E-state index < -0.39 is 0 Å². The first kappa shape index (κ1) is 17.6. The summed E-state index contributed by atoms with van der Waals surface area (Å²) in [4.78, 5) is 12.9. The average molecular weight is 413 g/mol. The standard InChI is InChI=1S/C20H17BrN2OS/c1-13-18(17(24)12-9-14-7-10-16(21)11-8-14)19(23-20(25)22-13)15-5-3-2-4-6-15/h2-12,19H,1H3,(H2,22,23,25)/b12-9+. The molecule has 126 valence electrons. The minimum Gasteiger partial charge on any atom is -0.351 e. The van der Waals surface area contributed by atoms with E-state index in [0.717, 1.165) is 21.3 Å². The lowest BCUT2D eigenvalue weighted by Crippen LogP contribution is -2.44. The van der Waals surface area contributed by atoms with Crippen molar-refractivity contribution in [3.8, 4) is 0 Å². The molecule has 2 aromatic rings. The maximum Gasteiger partial charge on any atom is 0.186 e. The summed E-state index contributed by atoms with van der Waals surface area (Å²) in [6.07, 6.45) is 3.43. The third-order valence-corrected chi connectivity index (χ3v) is 4.71. The molecule has 0 bridgehead atoms. The van der Waals surface area contributed by atoms with E-state index in [1.165, 1.54) is 0 Å². The Morgan fingerprint density at radius 2 is 1.80 bits per heavy atom. The number of ketones is 1. The number of halogens is 1. The Hall–Kier alpha value is -2.24. The third kappa shape index (κ3) is 4.24. The van der Waals surface area contributed by atoms with Gasteiger partial charge in [0.05, 0.1) is 6.04 Å². The van der Waals surface area contributed by atoms with E-state index in [1.54, 1.807) is 6.08 Å². The Morgan fingerprint density at radius 1 is 1.12 bits per heavy atom. The van der Waals surface area contributed by atoms with Gasteiger partial charge in [-0.3, -0.25) is 4.79 Å². The van der Waals surface area contributed by atoms with Crippen molar-refractivity contribution in [2.45, 2.75) is 13.0 Å². The van der Waals surface area contributed by atoms with Crippen molar-refractivity contribution in [3.63, 3.8) is 0 Å². The van der Waals surface area contributed by atoms with Crippen LogP contribution in [0.15, 0.2) is 76.4 Å². The lowest BCUT2D eigenvalue weighted by molar-refractivity contribution is -0.111. The van der Waals surface area contributed by atoms with Crippen LogP contribution in [0.1, 0.15) is 24.1 Å². The number of allylic oxidation sites excluding steroid dienone is 2. The van der Waals surface area contributed by atoms with Crippen molar-refractivity contribution in [1.29, 1.82) is 0 Å². The number of thiocarbonyl (C=S) groups is 1. The zero-order valence-corrected chi connectivity index (χ0v) is 16.0. The van der Waals surface area contributed by atoms with E-state index in [-0.39, 0.29) is 11.8 Å². The summed E-state index contributed by atoms with van der Waals surface area (Å²) in [6.45, 7) is 1.88. The largest absolute Gasteiger partial charge is 0.351 e. The SMILES string of the molecule is CC1=C(C(=O)/C=C/c2ccc(Br)cc2)C(c2ccccc2)NC(=S)N1. The van der Waals surface area contributed by atoms with Gasteiger partial charge in [-0.05, 0) is 48.5 Å². The van der Waals surface area contributed by atoms with Gasteiger partial charge < -0.3 is 10.6 Å². The van der Waals surface area contributed by atoms with Crippen LogP contribution in [0.5, 0.6) is 0 Å². The fourth-order valence-corrected chi connectivity index (χ4v) is 3.29. The molecule has 5 heteroatoms. The normalized spacial score (nSPS) is 17.4. The summed E-state index contributed by atoms with van der Waals surface area (Å²) >= 11 is 8.67. The minimum atomic E-state index is -0.253. The van der Waals surface area contributed by atoms with Gasteiger partial charge in [0.2, 0.25) is 0 Å². The highest BCUT2D eigenvalue weighted by Gasteiger charge is 2.28. The predicted molar refractivity (Wildman–Crippen MR) is 109 cm³/mol. The molecule has 1 atom stereocenters. The Bertz CT molecular complexity index is 857. The molecule has 2 aromatic carbocycles. The summed E-state index contributed by atoms with van der Waals surface area (Å²) in [5, 5.41) is 6.78. The molecule has 2 N–H and O–H groups in total. The molecule has 0 amide bonds. The zero-order valence-electron chi connectivity index (χ0n) is 13.6. The van der Waals surface area contributed by atoms with Crippen LogP contribution < -0.4 is 10.6 Å². The number of hydrogen-bond donors (Lipinski definition) is 2. The Morgan fingerprint density at radius 3 is 2.48 bits per heavy atom. The van der Waals surface area contributed by atoms with Gasteiger partial charge in [0, 0.05) is 15.7 Å². The van der Waals surface area contributed by atoms with Crippen LogP contribution in [0.25, 0.3) is 6.08 Å². The lowest BCUT2D eigenvalue weighted by Gasteiger charge is -2.29. The van der Waals surface area contributed by atoms with Crippen LogP contribution in [0.4, 0.5) is 0 Å². The molecule has 0 fully saturated rings. The summed E-state index contributed by atoms with van der Waals surface area (Å²) in [5.41, 5.74) is 3.43. The van der Waals surface area contributed by atoms with Crippen molar-refractivity contribution in [3.05, 3.63) is 87.5 Å². The second kappa shape index (κ2) is 7.76. The number of nitrogens with one attached hydrogen (secondary N) is 2. The van der Waals surface area contributed by atoms with Crippen LogP contribution in [0.2, 0.25) is 0 Å². The van der Waals surface area contributed by atoms with E-state index in [2.05, 4.69) is 26.6 Å². The van der Waals surface area contributed by atoms with Crippen LogP contribution in [0.3, 0.4) is 0 Å². The summed E-state index contributed by atoms with van der Waals surface area (Å²) in [5.74, 6) is -0.0447. The number of rotatable bonds is 4. The fraction of sp³-hybridized carbons (Fsp3) is 0.100. The van der Waals surface area contributed by atoms with E-state index in [4.69, 9.17) is 12.2 Å².